The summed E-state index contributed by atoms with van der Waals surface area (Å²) in [5.41, 5.74) is 4.13. The Morgan fingerprint density at radius 1 is 0.893 bits per heavy atom. The molecule has 28 heavy (non-hydrogen) atoms. The van der Waals surface area contributed by atoms with Gasteiger partial charge in [0.2, 0.25) is 0 Å². The first-order valence-electron chi connectivity index (χ1n) is 9.38. The van der Waals surface area contributed by atoms with E-state index in [1.165, 1.54) is 10.9 Å². The van der Waals surface area contributed by atoms with Gasteiger partial charge in [-0.25, -0.2) is 0 Å². The number of hydrogen-bond acceptors (Lipinski definition) is 4. The van der Waals surface area contributed by atoms with E-state index >= 15 is 0 Å². The van der Waals surface area contributed by atoms with E-state index in [1.807, 2.05) is 48.8 Å². The van der Waals surface area contributed by atoms with Crippen LogP contribution in [0.1, 0.15) is 19.4 Å². The lowest BCUT2D eigenvalue weighted by Gasteiger charge is -2.28. The fourth-order valence-electron chi connectivity index (χ4n) is 3.30. The van der Waals surface area contributed by atoms with Gasteiger partial charge in [0.05, 0.1) is 11.0 Å². The van der Waals surface area contributed by atoms with Crippen LogP contribution in [-0.2, 0) is 6.54 Å². The van der Waals surface area contributed by atoms with Crippen LogP contribution in [0.3, 0.4) is 0 Å². The van der Waals surface area contributed by atoms with Crippen molar-refractivity contribution in [2.24, 2.45) is 0 Å². The Hall–Kier alpha value is -2.69. The van der Waals surface area contributed by atoms with E-state index in [2.05, 4.69) is 52.6 Å². The van der Waals surface area contributed by atoms with Gasteiger partial charge >= 0.3 is 0 Å². The van der Waals surface area contributed by atoms with E-state index in [9.17, 15) is 0 Å². The predicted molar refractivity (Wildman–Crippen MR) is 118 cm³/mol. The smallest absolute Gasteiger partial charge is 0.0737 e. The van der Waals surface area contributed by atoms with E-state index in [4.69, 9.17) is 11.6 Å². The highest BCUT2D eigenvalue weighted by Crippen LogP contribution is 2.25. The molecule has 4 rings (SSSR count). The number of aromatic nitrogens is 2. The average molecular weight is 391 g/mol. The topological polar surface area (TPSA) is 49.8 Å². The zero-order chi connectivity index (χ0) is 19.6. The molecular formula is C23H23ClN4. The molecular weight excluding hydrogens is 368 g/mol. The van der Waals surface area contributed by atoms with E-state index in [0.717, 1.165) is 35.2 Å². The van der Waals surface area contributed by atoms with Gasteiger partial charge in [0, 0.05) is 52.5 Å². The second-order valence-electron chi connectivity index (χ2n) is 7.60. The normalized spacial score (nSPS) is 11.8. The van der Waals surface area contributed by atoms with E-state index < -0.39 is 0 Å². The summed E-state index contributed by atoms with van der Waals surface area (Å²) in [6, 6.07) is 18.1. The minimum absolute atomic E-state index is 0.105. The maximum Gasteiger partial charge on any atom is 0.0737 e. The van der Waals surface area contributed by atoms with Gasteiger partial charge in [-0.15, -0.1) is 0 Å². The van der Waals surface area contributed by atoms with Crippen LogP contribution in [0.4, 0.5) is 5.69 Å². The Labute approximate surface area is 170 Å². The SMILES string of the molecule is CC(C)(CNc1ccnc2cc(Cl)ccc12)NCc1ccnc2ccccc12. The van der Waals surface area contributed by atoms with Crippen LogP contribution >= 0.6 is 11.6 Å². The number of nitrogens with zero attached hydrogens (tertiary/aromatic N) is 2. The molecule has 0 spiro atoms. The molecule has 2 aromatic heterocycles. The molecule has 2 aromatic carbocycles. The van der Waals surface area contributed by atoms with Gasteiger partial charge in [0.1, 0.15) is 0 Å². The maximum atomic E-state index is 6.09. The highest BCUT2D eigenvalue weighted by atomic mass is 35.5. The summed E-state index contributed by atoms with van der Waals surface area (Å²) in [6.45, 7) is 5.95. The van der Waals surface area contributed by atoms with Crippen molar-refractivity contribution in [3.63, 3.8) is 0 Å². The van der Waals surface area contributed by atoms with Crippen molar-refractivity contribution in [2.45, 2.75) is 25.9 Å². The van der Waals surface area contributed by atoms with Crippen molar-refractivity contribution in [3.05, 3.63) is 77.6 Å². The second-order valence-corrected chi connectivity index (χ2v) is 8.03. The molecule has 5 heteroatoms. The van der Waals surface area contributed by atoms with Crippen LogP contribution < -0.4 is 10.6 Å². The second kappa shape index (κ2) is 7.74. The number of fused-ring (bicyclic) bond motifs is 2. The maximum absolute atomic E-state index is 6.09. The highest BCUT2D eigenvalue weighted by molar-refractivity contribution is 6.31. The number of rotatable bonds is 6. The molecule has 0 saturated heterocycles. The highest BCUT2D eigenvalue weighted by Gasteiger charge is 2.18. The van der Waals surface area contributed by atoms with Crippen molar-refractivity contribution in [1.82, 2.24) is 15.3 Å². The lowest BCUT2D eigenvalue weighted by Crippen LogP contribution is -2.44. The van der Waals surface area contributed by atoms with Gasteiger partial charge < -0.3 is 10.6 Å². The van der Waals surface area contributed by atoms with Crippen LogP contribution in [0.2, 0.25) is 5.02 Å². The molecule has 0 bridgehead atoms. The molecule has 4 aromatic rings. The summed E-state index contributed by atoms with van der Waals surface area (Å²) in [4.78, 5) is 8.85. The van der Waals surface area contributed by atoms with Gasteiger partial charge in [-0.2, -0.15) is 0 Å². The van der Waals surface area contributed by atoms with Crippen molar-refractivity contribution >= 4 is 39.1 Å². The van der Waals surface area contributed by atoms with Crippen molar-refractivity contribution in [1.29, 1.82) is 0 Å². The van der Waals surface area contributed by atoms with Crippen LogP contribution in [0.5, 0.6) is 0 Å². The first-order valence-corrected chi connectivity index (χ1v) is 9.75. The average Bonchev–Trinajstić information content (AvgIpc) is 2.70. The zero-order valence-corrected chi connectivity index (χ0v) is 16.8. The van der Waals surface area contributed by atoms with Crippen LogP contribution in [-0.4, -0.2) is 22.1 Å². The summed E-state index contributed by atoms with van der Waals surface area (Å²) in [5.74, 6) is 0. The minimum Gasteiger partial charge on any atom is -0.383 e. The molecule has 0 radical (unpaired) electrons. The fraction of sp³-hybridized carbons (Fsp3) is 0.217. The Kier molecular flexibility index (Phi) is 5.16. The largest absolute Gasteiger partial charge is 0.383 e. The molecule has 2 heterocycles. The van der Waals surface area contributed by atoms with Gasteiger partial charge in [0.15, 0.2) is 0 Å². The monoisotopic (exact) mass is 390 g/mol. The molecule has 0 aliphatic carbocycles. The molecule has 142 valence electrons. The lowest BCUT2D eigenvalue weighted by molar-refractivity contribution is 0.408. The summed E-state index contributed by atoms with van der Waals surface area (Å²) >= 11 is 6.09. The van der Waals surface area contributed by atoms with Crippen molar-refractivity contribution < 1.29 is 0 Å². The van der Waals surface area contributed by atoms with E-state index in [1.54, 1.807) is 0 Å². The summed E-state index contributed by atoms with van der Waals surface area (Å²) in [7, 11) is 0. The molecule has 0 amide bonds. The minimum atomic E-state index is -0.105. The molecule has 2 N–H and O–H groups in total. The Morgan fingerprint density at radius 3 is 2.57 bits per heavy atom. The third-order valence-electron chi connectivity index (χ3n) is 4.92. The number of anilines is 1. The van der Waals surface area contributed by atoms with Gasteiger partial charge in [-0.05, 0) is 55.8 Å². The predicted octanol–water partition coefficient (Wildman–Crippen LogP) is 5.42. The number of pyridine rings is 2. The Balaban J connectivity index is 1.46. The summed E-state index contributed by atoms with van der Waals surface area (Å²) < 4.78 is 0. The number of benzene rings is 2. The summed E-state index contributed by atoms with van der Waals surface area (Å²) in [6.07, 6.45) is 3.68. The standard InChI is InChI=1S/C23H23ClN4/c1-23(2,28-14-16-9-11-25-20-6-4-3-5-18(16)20)15-27-21-10-12-26-22-13-17(24)7-8-19(21)22/h3-13,28H,14-15H2,1-2H3,(H,26,27). The molecule has 0 atom stereocenters. The quantitative estimate of drug-likeness (QED) is 0.461. The Bertz CT molecular complexity index is 1120. The van der Waals surface area contributed by atoms with Gasteiger partial charge in [-0.1, -0.05) is 29.8 Å². The third kappa shape index (κ3) is 4.08. The molecule has 0 saturated carbocycles. The number of halogens is 1. The zero-order valence-electron chi connectivity index (χ0n) is 16.0. The first-order chi connectivity index (χ1) is 13.5. The van der Waals surface area contributed by atoms with Crippen molar-refractivity contribution in [3.8, 4) is 0 Å². The number of nitrogens with one attached hydrogen (secondary N) is 2. The molecule has 0 aliphatic rings. The van der Waals surface area contributed by atoms with Gasteiger partial charge in [-0.3, -0.25) is 9.97 Å². The van der Waals surface area contributed by atoms with Gasteiger partial charge in [0.25, 0.3) is 0 Å². The molecule has 4 nitrogen and oxygen atoms in total. The summed E-state index contributed by atoms with van der Waals surface area (Å²) in [5, 5.41) is 10.2. The Morgan fingerprint density at radius 2 is 1.68 bits per heavy atom. The van der Waals surface area contributed by atoms with E-state index in [-0.39, 0.29) is 5.54 Å². The number of para-hydroxylation sites is 1. The third-order valence-corrected chi connectivity index (χ3v) is 5.16. The van der Waals surface area contributed by atoms with Crippen LogP contribution in [0.15, 0.2) is 67.0 Å². The number of hydrogen-bond donors (Lipinski definition) is 2. The lowest BCUT2D eigenvalue weighted by atomic mass is 10.0. The molecule has 0 fully saturated rings. The van der Waals surface area contributed by atoms with E-state index in [0.29, 0.717) is 5.02 Å². The molecule has 0 unspecified atom stereocenters. The van der Waals surface area contributed by atoms with Crippen LogP contribution in [0.25, 0.3) is 21.8 Å². The fourth-order valence-corrected chi connectivity index (χ4v) is 3.46. The van der Waals surface area contributed by atoms with Crippen molar-refractivity contribution in [2.75, 3.05) is 11.9 Å². The molecule has 0 aliphatic heterocycles. The first kappa shape index (κ1) is 18.7. The van der Waals surface area contributed by atoms with Crippen LogP contribution in [0, 0.1) is 0 Å².